The number of rotatable bonds is 8. The third-order valence-electron chi connectivity index (χ3n) is 4.84. The predicted octanol–water partition coefficient (Wildman–Crippen LogP) is 4.97. The zero-order valence-corrected chi connectivity index (χ0v) is 17.2. The smallest absolute Gasteiger partial charge is 0.254 e. The second-order valence-corrected chi connectivity index (χ2v) is 7.12. The van der Waals surface area contributed by atoms with E-state index in [-0.39, 0.29) is 12.5 Å². The van der Waals surface area contributed by atoms with Crippen molar-refractivity contribution in [2.45, 2.75) is 13.0 Å². The molecule has 0 saturated heterocycles. The molecule has 0 unspecified atom stereocenters. The van der Waals surface area contributed by atoms with E-state index >= 15 is 0 Å². The first-order valence-electron chi connectivity index (χ1n) is 9.51. The highest BCUT2D eigenvalue weighted by molar-refractivity contribution is 6.32. The van der Waals surface area contributed by atoms with Crippen LogP contribution in [0, 0.1) is 0 Å². The van der Waals surface area contributed by atoms with Crippen molar-refractivity contribution in [3.63, 3.8) is 0 Å². The van der Waals surface area contributed by atoms with Crippen molar-refractivity contribution in [3.05, 3.63) is 82.9 Å². The number of fused-ring (bicyclic) bond motifs is 1. The van der Waals surface area contributed by atoms with Crippen LogP contribution in [0.15, 0.2) is 65.4 Å². The number of para-hydroxylation sites is 1. The van der Waals surface area contributed by atoms with Gasteiger partial charge in [-0.3, -0.25) is 4.79 Å². The largest absolute Gasteiger partial charge is 0.497 e. The van der Waals surface area contributed by atoms with E-state index in [1.807, 2.05) is 36.5 Å². The Balaban J connectivity index is 1.35. The number of halogens is 1. The van der Waals surface area contributed by atoms with Gasteiger partial charge in [0.25, 0.3) is 5.91 Å². The number of carbonyl (C=O) groups excluding carboxylic acids is 1. The number of nitrogens with one attached hydrogen (secondary N) is 2. The summed E-state index contributed by atoms with van der Waals surface area (Å²) < 4.78 is 16.4. The minimum atomic E-state index is -0.206. The zero-order valence-electron chi connectivity index (χ0n) is 16.4. The van der Waals surface area contributed by atoms with Gasteiger partial charge >= 0.3 is 0 Å². The standard InChI is InChI=1S/C23H21ClN2O4/c1-28-16-6-7-17-15(13-26-20(17)12-16)8-10-25-23(27)18-9-11-29-22(18)14-30-21-5-3-2-4-19(21)24/h2-7,9,11-13,26H,8,10,14H2,1H3,(H,25,27). The van der Waals surface area contributed by atoms with E-state index in [2.05, 4.69) is 10.3 Å². The van der Waals surface area contributed by atoms with E-state index in [1.54, 1.807) is 25.3 Å². The van der Waals surface area contributed by atoms with E-state index in [1.165, 1.54) is 6.26 Å². The number of ether oxygens (including phenoxy) is 2. The van der Waals surface area contributed by atoms with E-state index in [0.29, 0.717) is 35.1 Å². The fourth-order valence-corrected chi connectivity index (χ4v) is 3.46. The molecule has 2 heterocycles. The second-order valence-electron chi connectivity index (χ2n) is 6.71. The van der Waals surface area contributed by atoms with Crippen LogP contribution in [0.4, 0.5) is 0 Å². The van der Waals surface area contributed by atoms with Gasteiger partial charge in [-0.2, -0.15) is 0 Å². The van der Waals surface area contributed by atoms with Gasteiger partial charge in [0, 0.05) is 29.7 Å². The van der Waals surface area contributed by atoms with Crippen LogP contribution < -0.4 is 14.8 Å². The van der Waals surface area contributed by atoms with E-state index in [0.717, 1.165) is 22.2 Å². The number of carbonyl (C=O) groups is 1. The molecule has 154 valence electrons. The lowest BCUT2D eigenvalue weighted by Crippen LogP contribution is -2.26. The molecule has 0 atom stereocenters. The topological polar surface area (TPSA) is 76.5 Å². The number of aromatic amines is 1. The molecule has 0 aliphatic rings. The lowest BCUT2D eigenvalue weighted by atomic mass is 10.1. The Morgan fingerprint density at radius 2 is 2.07 bits per heavy atom. The molecule has 0 fully saturated rings. The Morgan fingerprint density at radius 1 is 1.20 bits per heavy atom. The number of H-pyrrole nitrogens is 1. The van der Waals surface area contributed by atoms with Crippen molar-refractivity contribution in [1.82, 2.24) is 10.3 Å². The molecule has 30 heavy (non-hydrogen) atoms. The molecule has 6 nitrogen and oxygen atoms in total. The molecule has 0 bridgehead atoms. The molecule has 7 heteroatoms. The lowest BCUT2D eigenvalue weighted by Gasteiger charge is -2.08. The van der Waals surface area contributed by atoms with E-state index < -0.39 is 0 Å². The van der Waals surface area contributed by atoms with Gasteiger partial charge in [0.2, 0.25) is 0 Å². The first-order chi connectivity index (χ1) is 14.7. The molecule has 0 saturated carbocycles. The average molecular weight is 425 g/mol. The SMILES string of the molecule is COc1ccc2c(CCNC(=O)c3ccoc3COc3ccccc3Cl)c[nH]c2c1. The third kappa shape index (κ3) is 4.28. The maximum absolute atomic E-state index is 12.6. The number of aromatic nitrogens is 1. The first-order valence-corrected chi connectivity index (χ1v) is 9.89. The Hall–Kier alpha value is -3.38. The molecule has 4 rings (SSSR count). The number of hydrogen-bond acceptors (Lipinski definition) is 4. The number of hydrogen-bond donors (Lipinski definition) is 2. The average Bonchev–Trinajstić information content (AvgIpc) is 3.39. The summed E-state index contributed by atoms with van der Waals surface area (Å²) in [6.07, 6.45) is 4.13. The van der Waals surface area contributed by atoms with Gasteiger partial charge in [0.15, 0.2) is 5.76 Å². The summed E-state index contributed by atoms with van der Waals surface area (Å²) >= 11 is 6.10. The molecule has 2 aromatic carbocycles. The highest BCUT2D eigenvalue weighted by atomic mass is 35.5. The molecule has 2 N–H and O–H groups in total. The van der Waals surface area contributed by atoms with Gasteiger partial charge in [-0.25, -0.2) is 0 Å². The van der Waals surface area contributed by atoms with Crippen molar-refractivity contribution in [1.29, 1.82) is 0 Å². The Labute approximate surface area is 178 Å². The first kappa shape index (κ1) is 19.9. The molecule has 0 aliphatic heterocycles. The van der Waals surface area contributed by atoms with E-state index in [9.17, 15) is 4.79 Å². The van der Waals surface area contributed by atoms with Crippen molar-refractivity contribution in [3.8, 4) is 11.5 Å². The number of methoxy groups -OCH3 is 1. The molecular formula is C23H21ClN2O4. The molecule has 0 radical (unpaired) electrons. The van der Waals surface area contributed by atoms with Gasteiger partial charge in [0.05, 0.1) is 24.0 Å². The summed E-state index contributed by atoms with van der Waals surface area (Å²) in [5.74, 6) is 1.59. The molecule has 0 aliphatic carbocycles. The highest BCUT2D eigenvalue weighted by Crippen LogP contribution is 2.25. The summed E-state index contributed by atoms with van der Waals surface area (Å²) in [6, 6.07) is 14.7. The monoisotopic (exact) mass is 424 g/mol. The van der Waals surface area contributed by atoms with Crippen molar-refractivity contribution in [2.75, 3.05) is 13.7 Å². The Bertz CT molecular complexity index is 1160. The maximum Gasteiger partial charge on any atom is 0.254 e. The number of benzene rings is 2. The molecule has 4 aromatic rings. The lowest BCUT2D eigenvalue weighted by molar-refractivity contribution is 0.0949. The predicted molar refractivity (Wildman–Crippen MR) is 115 cm³/mol. The third-order valence-corrected chi connectivity index (χ3v) is 5.15. The van der Waals surface area contributed by atoms with Gasteiger partial charge < -0.3 is 24.2 Å². The van der Waals surface area contributed by atoms with Crippen LogP contribution in [0.5, 0.6) is 11.5 Å². The van der Waals surface area contributed by atoms with Crippen molar-refractivity contribution in [2.24, 2.45) is 0 Å². The van der Waals surface area contributed by atoms with Gasteiger partial charge in [0.1, 0.15) is 18.1 Å². The second kappa shape index (κ2) is 8.97. The number of furan rings is 1. The minimum absolute atomic E-state index is 0.115. The summed E-state index contributed by atoms with van der Waals surface area (Å²) in [6.45, 7) is 0.609. The van der Waals surface area contributed by atoms with Gasteiger partial charge in [-0.15, -0.1) is 0 Å². The van der Waals surface area contributed by atoms with Crippen LogP contribution in [0.1, 0.15) is 21.7 Å². The van der Waals surface area contributed by atoms with Crippen molar-refractivity contribution >= 4 is 28.4 Å². The Kier molecular flexibility index (Phi) is 5.95. The Morgan fingerprint density at radius 3 is 2.90 bits per heavy atom. The van der Waals surface area contributed by atoms with Gasteiger partial charge in [-0.05, 0) is 42.3 Å². The van der Waals surface area contributed by atoms with Crippen LogP contribution in [0.2, 0.25) is 5.02 Å². The summed E-state index contributed by atoms with van der Waals surface area (Å²) in [7, 11) is 1.64. The molecule has 0 spiro atoms. The summed E-state index contributed by atoms with van der Waals surface area (Å²) in [5, 5.41) is 4.56. The number of amides is 1. The van der Waals surface area contributed by atoms with Crippen LogP contribution in [0.25, 0.3) is 10.9 Å². The fraction of sp³-hybridized carbons (Fsp3) is 0.174. The van der Waals surface area contributed by atoms with Crippen LogP contribution in [0.3, 0.4) is 0 Å². The fourth-order valence-electron chi connectivity index (χ4n) is 3.26. The van der Waals surface area contributed by atoms with Crippen molar-refractivity contribution < 1.29 is 18.7 Å². The summed E-state index contributed by atoms with van der Waals surface area (Å²) in [4.78, 5) is 15.8. The highest BCUT2D eigenvalue weighted by Gasteiger charge is 2.16. The maximum atomic E-state index is 12.6. The van der Waals surface area contributed by atoms with Crippen LogP contribution >= 0.6 is 11.6 Å². The van der Waals surface area contributed by atoms with Crippen LogP contribution in [-0.2, 0) is 13.0 Å². The summed E-state index contributed by atoms with van der Waals surface area (Å²) in [5.41, 5.74) is 2.58. The quantitative estimate of drug-likeness (QED) is 0.418. The molecule has 1 amide bonds. The zero-order chi connectivity index (χ0) is 20.9. The normalized spacial score (nSPS) is 10.9. The molecular weight excluding hydrogens is 404 g/mol. The van der Waals surface area contributed by atoms with Crippen LogP contribution in [-0.4, -0.2) is 24.5 Å². The van der Waals surface area contributed by atoms with Gasteiger partial charge in [-0.1, -0.05) is 23.7 Å². The van der Waals surface area contributed by atoms with E-state index in [4.69, 9.17) is 25.5 Å². The minimum Gasteiger partial charge on any atom is -0.497 e. The molecule has 2 aromatic heterocycles.